The number of anilines is 1. The predicted molar refractivity (Wildman–Crippen MR) is 86.6 cm³/mol. The first kappa shape index (κ1) is 15.7. The molecule has 0 spiro atoms. The molecule has 0 aliphatic rings. The molecule has 0 aliphatic heterocycles. The van der Waals surface area contributed by atoms with Crippen molar-refractivity contribution in [2.24, 2.45) is 0 Å². The van der Waals surface area contributed by atoms with Crippen molar-refractivity contribution in [3.63, 3.8) is 0 Å². The number of carbonyl (C=O) groups is 1. The first-order valence-electron chi connectivity index (χ1n) is 6.37. The summed E-state index contributed by atoms with van der Waals surface area (Å²) in [5.74, 6) is 0.521. The highest BCUT2D eigenvalue weighted by atomic mass is 35.5. The maximum absolute atomic E-state index is 12.4. The molecular formula is C16H15Cl2NO2. The molecule has 0 aliphatic carbocycles. The first-order chi connectivity index (χ1) is 10.0. The van der Waals surface area contributed by atoms with E-state index in [2.05, 4.69) is 0 Å². The maximum Gasteiger partial charge on any atom is 0.231 e. The quantitative estimate of drug-likeness (QED) is 0.843. The summed E-state index contributed by atoms with van der Waals surface area (Å²) < 4.78 is 5.27. The Morgan fingerprint density at radius 3 is 2.33 bits per heavy atom. The highest BCUT2D eigenvalue weighted by molar-refractivity contribution is 6.36. The second-order valence-electron chi connectivity index (χ2n) is 4.50. The van der Waals surface area contributed by atoms with Gasteiger partial charge in [0.2, 0.25) is 5.91 Å². The summed E-state index contributed by atoms with van der Waals surface area (Å²) in [5, 5.41) is 0.980. The van der Waals surface area contributed by atoms with Crippen LogP contribution < -0.4 is 9.64 Å². The third kappa shape index (κ3) is 3.49. The van der Waals surface area contributed by atoms with Crippen LogP contribution in [0.5, 0.6) is 5.75 Å². The average molecular weight is 324 g/mol. The lowest BCUT2D eigenvalue weighted by molar-refractivity contribution is -0.117. The number of hydrogen-bond acceptors (Lipinski definition) is 2. The zero-order valence-corrected chi connectivity index (χ0v) is 13.3. The molecular weight excluding hydrogens is 309 g/mol. The summed E-state index contributed by atoms with van der Waals surface area (Å²) in [6.07, 6.45) is 0.132. The van der Waals surface area contributed by atoms with E-state index in [1.807, 2.05) is 24.3 Å². The fraction of sp³-hybridized carbons (Fsp3) is 0.188. The molecule has 0 aromatic heterocycles. The van der Waals surface area contributed by atoms with Crippen LogP contribution >= 0.6 is 23.2 Å². The Hall–Kier alpha value is -1.71. The van der Waals surface area contributed by atoms with Crippen molar-refractivity contribution in [1.82, 2.24) is 0 Å². The minimum atomic E-state index is -0.116. The number of benzene rings is 2. The fourth-order valence-electron chi connectivity index (χ4n) is 2.01. The molecule has 0 saturated heterocycles. The van der Waals surface area contributed by atoms with Crippen molar-refractivity contribution >= 4 is 34.8 Å². The number of rotatable bonds is 4. The van der Waals surface area contributed by atoms with E-state index in [9.17, 15) is 4.79 Å². The number of carbonyl (C=O) groups excluding carboxylic acids is 1. The van der Waals surface area contributed by atoms with Gasteiger partial charge >= 0.3 is 0 Å². The van der Waals surface area contributed by atoms with Crippen LogP contribution in [0.1, 0.15) is 5.56 Å². The molecule has 0 saturated carbocycles. The monoisotopic (exact) mass is 323 g/mol. The van der Waals surface area contributed by atoms with E-state index in [1.165, 1.54) is 0 Å². The maximum atomic E-state index is 12.4. The van der Waals surface area contributed by atoms with Crippen LogP contribution in [-0.4, -0.2) is 20.1 Å². The summed E-state index contributed by atoms with van der Waals surface area (Å²) >= 11 is 12.2. The Bertz CT molecular complexity index is 638. The zero-order valence-electron chi connectivity index (χ0n) is 11.8. The number of amides is 1. The van der Waals surface area contributed by atoms with Crippen molar-refractivity contribution in [2.45, 2.75) is 6.42 Å². The number of nitrogens with zero attached hydrogens (tertiary/aromatic N) is 1. The van der Waals surface area contributed by atoms with E-state index < -0.39 is 0 Å². The van der Waals surface area contributed by atoms with Crippen molar-refractivity contribution in [2.75, 3.05) is 19.1 Å². The average Bonchev–Trinajstić information content (AvgIpc) is 2.50. The second-order valence-corrected chi connectivity index (χ2v) is 5.32. The number of methoxy groups -OCH3 is 1. The van der Waals surface area contributed by atoms with Gasteiger partial charge in [0, 0.05) is 17.1 Å². The number of halogens is 2. The van der Waals surface area contributed by atoms with Crippen molar-refractivity contribution < 1.29 is 9.53 Å². The van der Waals surface area contributed by atoms with Gasteiger partial charge in [-0.25, -0.2) is 0 Å². The van der Waals surface area contributed by atoms with Crippen LogP contribution in [0.15, 0.2) is 42.5 Å². The van der Waals surface area contributed by atoms with E-state index in [-0.39, 0.29) is 12.3 Å². The summed E-state index contributed by atoms with van der Waals surface area (Å²) in [7, 11) is 3.27. The second kappa shape index (κ2) is 6.83. The van der Waals surface area contributed by atoms with Crippen molar-refractivity contribution in [3.8, 4) is 5.75 Å². The van der Waals surface area contributed by atoms with Gasteiger partial charge in [-0.05, 0) is 29.8 Å². The molecule has 2 aromatic carbocycles. The van der Waals surface area contributed by atoms with E-state index in [0.29, 0.717) is 27.0 Å². The van der Waals surface area contributed by atoms with Gasteiger partial charge in [0.05, 0.1) is 19.2 Å². The van der Waals surface area contributed by atoms with Crippen molar-refractivity contribution in [3.05, 3.63) is 58.1 Å². The SMILES string of the molecule is COc1ccccc1N(C)C(=O)Cc1c(Cl)cccc1Cl. The Morgan fingerprint density at radius 2 is 1.71 bits per heavy atom. The van der Waals surface area contributed by atoms with Crippen LogP contribution in [-0.2, 0) is 11.2 Å². The zero-order chi connectivity index (χ0) is 15.4. The Balaban J connectivity index is 2.24. The number of para-hydroxylation sites is 2. The molecule has 0 heterocycles. The van der Waals surface area contributed by atoms with E-state index in [1.54, 1.807) is 37.3 Å². The van der Waals surface area contributed by atoms with Gasteiger partial charge in [-0.1, -0.05) is 41.4 Å². The van der Waals surface area contributed by atoms with E-state index in [0.717, 1.165) is 0 Å². The van der Waals surface area contributed by atoms with Crippen LogP contribution in [0.2, 0.25) is 10.0 Å². The minimum Gasteiger partial charge on any atom is -0.495 e. The molecule has 5 heteroatoms. The Morgan fingerprint density at radius 1 is 1.10 bits per heavy atom. The number of likely N-dealkylation sites (N-methyl/N-ethyl adjacent to an activating group) is 1. The van der Waals surface area contributed by atoms with Gasteiger partial charge in [-0.15, -0.1) is 0 Å². The highest BCUT2D eigenvalue weighted by Gasteiger charge is 2.17. The Labute approximate surface area is 134 Å². The lowest BCUT2D eigenvalue weighted by Crippen LogP contribution is -2.28. The third-order valence-corrected chi connectivity index (χ3v) is 3.92. The molecule has 3 nitrogen and oxygen atoms in total. The predicted octanol–water partition coefficient (Wildman–Crippen LogP) is 4.21. The standard InChI is InChI=1S/C16H15Cl2NO2/c1-19(14-8-3-4-9-15(14)21-2)16(20)10-11-12(17)6-5-7-13(11)18/h3-9H,10H2,1-2H3. The molecule has 21 heavy (non-hydrogen) atoms. The van der Waals surface area contributed by atoms with Crippen LogP contribution in [0.25, 0.3) is 0 Å². The van der Waals surface area contributed by atoms with Crippen LogP contribution in [0.3, 0.4) is 0 Å². The van der Waals surface area contributed by atoms with Gasteiger partial charge in [-0.2, -0.15) is 0 Å². The summed E-state index contributed by atoms with van der Waals surface area (Å²) in [6.45, 7) is 0. The van der Waals surface area contributed by atoms with Gasteiger partial charge in [0.1, 0.15) is 5.75 Å². The molecule has 110 valence electrons. The third-order valence-electron chi connectivity index (χ3n) is 3.21. The molecule has 0 bridgehead atoms. The molecule has 0 fully saturated rings. The number of ether oxygens (including phenoxy) is 1. The lowest BCUT2D eigenvalue weighted by atomic mass is 10.1. The van der Waals surface area contributed by atoms with Gasteiger partial charge in [0.15, 0.2) is 0 Å². The fourth-order valence-corrected chi connectivity index (χ4v) is 2.54. The molecule has 0 N–H and O–H groups in total. The lowest BCUT2D eigenvalue weighted by Gasteiger charge is -2.20. The first-order valence-corrected chi connectivity index (χ1v) is 7.12. The molecule has 1 amide bonds. The summed E-state index contributed by atoms with van der Waals surface area (Å²) in [4.78, 5) is 14.0. The molecule has 0 radical (unpaired) electrons. The summed E-state index contributed by atoms with van der Waals surface area (Å²) in [5.41, 5.74) is 1.33. The van der Waals surface area contributed by atoms with E-state index in [4.69, 9.17) is 27.9 Å². The number of hydrogen-bond donors (Lipinski definition) is 0. The molecule has 0 atom stereocenters. The Kier molecular flexibility index (Phi) is 5.10. The summed E-state index contributed by atoms with van der Waals surface area (Å²) in [6, 6.07) is 12.5. The van der Waals surface area contributed by atoms with Crippen molar-refractivity contribution in [1.29, 1.82) is 0 Å². The molecule has 2 rings (SSSR count). The largest absolute Gasteiger partial charge is 0.495 e. The van der Waals surface area contributed by atoms with Gasteiger partial charge < -0.3 is 9.64 Å². The molecule has 2 aromatic rings. The smallest absolute Gasteiger partial charge is 0.231 e. The van der Waals surface area contributed by atoms with Gasteiger partial charge in [-0.3, -0.25) is 4.79 Å². The van der Waals surface area contributed by atoms with Gasteiger partial charge in [0.25, 0.3) is 0 Å². The van der Waals surface area contributed by atoms with Crippen LogP contribution in [0, 0.1) is 0 Å². The van der Waals surface area contributed by atoms with Crippen LogP contribution in [0.4, 0.5) is 5.69 Å². The van der Waals surface area contributed by atoms with E-state index >= 15 is 0 Å². The highest BCUT2D eigenvalue weighted by Crippen LogP contribution is 2.29. The minimum absolute atomic E-state index is 0.116. The molecule has 0 unspecified atom stereocenters. The topological polar surface area (TPSA) is 29.5 Å². The normalized spacial score (nSPS) is 10.3.